The molecule has 0 aliphatic rings. The molecule has 17 nitrogen and oxygen atoms in total. The second-order valence-corrected chi connectivity index (χ2v) is 31.6. The zero-order chi connectivity index (χ0) is 69.6. The first-order valence-electron chi connectivity index (χ1n) is 38.7. The molecule has 0 saturated heterocycles. The minimum absolute atomic E-state index is 0.102. The summed E-state index contributed by atoms with van der Waals surface area (Å²) in [5.41, 5.74) is 0. The second kappa shape index (κ2) is 64.4. The van der Waals surface area contributed by atoms with Gasteiger partial charge in [-0.05, 0) is 49.4 Å². The second-order valence-electron chi connectivity index (χ2n) is 28.7. The molecule has 0 aliphatic carbocycles. The van der Waals surface area contributed by atoms with E-state index in [1.54, 1.807) is 0 Å². The van der Waals surface area contributed by atoms with Gasteiger partial charge in [-0.3, -0.25) is 37.3 Å². The Labute approximate surface area is 575 Å². The number of hydrogen-bond acceptors (Lipinski definition) is 15. The highest BCUT2D eigenvalue weighted by Gasteiger charge is 2.30. The zero-order valence-corrected chi connectivity index (χ0v) is 63.4. The lowest BCUT2D eigenvalue weighted by molar-refractivity contribution is -0.161. The van der Waals surface area contributed by atoms with E-state index in [2.05, 4.69) is 55.4 Å². The molecule has 0 spiro atoms. The van der Waals surface area contributed by atoms with Gasteiger partial charge in [-0.15, -0.1) is 0 Å². The normalized spacial score (nSPS) is 14.4. The van der Waals surface area contributed by atoms with Crippen molar-refractivity contribution in [2.75, 3.05) is 39.6 Å². The molecule has 0 bridgehead atoms. The van der Waals surface area contributed by atoms with Crippen LogP contribution in [0.15, 0.2) is 0 Å². The van der Waals surface area contributed by atoms with Crippen LogP contribution in [0.25, 0.3) is 0 Å². The quantitative estimate of drug-likeness (QED) is 0.0222. The van der Waals surface area contributed by atoms with Crippen LogP contribution in [0, 0.1) is 23.7 Å². The molecule has 0 aromatic heterocycles. The third kappa shape index (κ3) is 67.3. The molecule has 6 atom stereocenters. The summed E-state index contributed by atoms with van der Waals surface area (Å²) in [5.74, 6) is 0.890. The van der Waals surface area contributed by atoms with E-state index < -0.39 is 97.5 Å². The summed E-state index contributed by atoms with van der Waals surface area (Å²) in [6, 6.07) is 0. The average Bonchev–Trinajstić information content (AvgIpc) is 1.45. The fraction of sp³-hybridized carbons (Fsp3) is 0.947. The lowest BCUT2D eigenvalue weighted by Gasteiger charge is -2.21. The molecule has 94 heavy (non-hydrogen) atoms. The van der Waals surface area contributed by atoms with E-state index >= 15 is 0 Å². The van der Waals surface area contributed by atoms with Gasteiger partial charge in [0.1, 0.15) is 19.3 Å². The van der Waals surface area contributed by atoms with Crippen LogP contribution in [0.4, 0.5) is 0 Å². The van der Waals surface area contributed by atoms with Gasteiger partial charge in [-0.1, -0.05) is 325 Å². The summed E-state index contributed by atoms with van der Waals surface area (Å²) < 4.78 is 68.4. The molecular weight excluding hydrogens is 1230 g/mol. The molecular formula is C75H146O17P2. The van der Waals surface area contributed by atoms with Gasteiger partial charge in [0.2, 0.25) is 0 Å². The maximum absolute atomic E-state index is 13.1. The summed E-state index contributed by atoms with van der Waals surface area (Å²) in [5, 5.41) is 10.6. The number of ether oxygens (including phenoxy) is 4. The van der Waals surface area contributed by atoms with Crippen molar-refractivity contribution in [3.63, 3.8) is 0 Å². The smallest absolute Gasteiger partial charge is 0.462 e. The van der Waals surface area contributed by atoms with E-state index in [1.165, 1.54) is 173 Å². The topological polar surface area (TPSA) is 237 Å². The van der Waals surface area contributed by atoms with Crippen LogP contribution < -0.4 is 0 Å². The molecule has 0 fully saturated rings. The number of phosphoric acid groups is 2. The predicted octanol–water partition coefficient (Wildman–Crippen LogP) is 21.7. The number of esters is 4. The summed E-state index contributed by atoms with van der Waals surface area (Å²) in [6.07, 6.45) is 48.8. The first kappa shape index (κ1) is 92.1. The van der Waals surface area contributed by atoms with Crippen molar-refractivity contribution in [2.24, 2.45) is 23.7 Å². The number of phosphoric ester groups is 2. The molecule has 0 heterocycles. The molecule has 3 unspecified atom stereocenters. The summed E-state index contributed by atoms with van der Waals surface area (Å²) in [4.78, 5) is 72.7. The highest BCUT2D eigenvalue weighted by atomic mass is 31.2. The molecule has 0 radical (unpaired) electrons. The van der Waals surface area contributed by atoms with Crippen molar-refractivity contribution in [1.82, 2.24) is 0 Å². The van der Waals surface area contributed by atoms with E-state index in [4.69, 9.17) is 37.0 Å². The van der Waals surface area contributed by atoms with Crippen molar-refractivity contribution >= 4 is 39.5 Å². The molecule has 19 heteroatoms. The van der Waals surface area contributed by atoms with Crippen LogP contribution in [0.3, 0.4) is 0 Å². The maximum Gasteiger partial charge on any atom is 0.472 e. The van der Waals surface area contributed by atoms with Crippen molar-refractivity contribution < 1.29 is 80.2 Å². The number of rotatable bonds is 72. The fourth-order valence-corrected chi connectivity index (χ4v) is 12.9. The highest BCUT2D eigenvalue weighted by Crippen LogP contribution is 2.45. The van der Waals surface area contributed by atoms with Crippen LogP contribution in [-0.4, -0.2) is 96.7 Å². The Morgan fingerprint density at radius 2 is 0.511 bits per heavy atom. The molecule has 0 aliphatic heterocycles. The number of carbonyl (C=O) groups excluding carboxylic acids is 4. The number of carbonyl (C=O) groups is 4. The number of aliphatic hydroxyl groups excluding tert-OH is 1. The minimum Gasteiger partial charge on any atom is -0.462 e. The number of hydrogen-bond donors (Lipinski definition) is 3. The van der Waals surface area contributed by atoms with Crippen molar-refractivity contribution in [3.05, 3.63) is 0 Å². The van der Waals surface area contributed by atoms with Crippen LogP contribution in [0.2, 0.25) is 0 Å². The molecule has 0 rings (SSSR count). The Morgan fingerprint density at radius 3 is 0.755 bits per heavy atom. The maximum atomic E-state index is 13.1. The fourth-order valence-electron chi connectivity index (χ4n) is 11.3. The first-order valence-corrected chi connectivity index (χ1v) is 41.7. The molecule has 3 N–H and O–H groups in total. The Kier molecular flexibility index (Phi) is 63.1. The van der Waals surface area contributed by atoms with Crippen LogP contribution in [-0.2, 0) is 65.4 Å². The molecule has 0 amide bonds. The van der Waals surface area contributed by atoms with E-state index in [9.17, 15) is 43.2 Å². The number of aliphatic hydroxyl groups is 1. The Bertz CT molecular complexity index is 1850. The first-order chi connectivity index (χ1) is 45.1. The van der Waals surface area contributed by atoms with E-state index in [1.807, 2.05) is 0 Å². The Morgan fingerprint density at radius 1 is 0.298 bits per heavy atom. The van der Waals surface area contributed by atoms with E-state index in [-0.39, 0.29) is 25.7 Å². The van der Waals surface area contributed by atoms with Gasteiger partial charge in [0.05, 0.1) is 26.4 Å². The summed E-state index contributed by atoms with van der Waals surface area (Å²) in [7, 11) is -9.91. The number of unbranched alkanes of at least 4 members (excludes halogenated alkanes) is 37. The van der Waals surface area contributed by atoms with Gasteiger partial charge in [0.25, 0.3) is 0 Å². The van der Waals surface area contributed by atoms with Gasteiger partial charge in [-0.25, -0.2) is 9.13 Å². The average molecular weight is 1380 g/mol. The molecule has 0 aromatic carbocycles. The largest absolute Gasteiger partial charge is 0.472 e. The lowest BCUT2D eigenvalue weighted by atomic mass is 10.00. The van der Waals surface area contributed by atoms with Crippen molar-refractivity contribution in [3.8, 4) is 0 Å². The summed E-state index contributed by atoms with van der Waals surface area (Å²) >= 11 is 0. The molecule has 0 aromatic rings. The monoisotopic (exact) mass is 1380 g/mol. The Hall–Kier alpha value is -1.94. The minimum atomic E-state index is -4.96. The van der Waals surface area contributed by atoms with Crippen LogP contribution in [0.1, 0.15) is 376 Å². The van der Waals surface area contributed by atoms with Gasteiger partial charge in [-0.2, -0.15) is 0 Å². The van der Waals surface area contributed by atoms with Gasteiger partial charge in [0, 0.05) is 25.7 Å². The third-order valence-electron chi connectivity index (χ3n) is 17.7. The summed E-state index contributed by atoms with van der Waals surface area (Å²) in [6.45, 7) is 14.1. The third-order valence-corrected chi connectivity index (χ3v) is 19.6. The van der Waals surface area contributed by atoms with Crippen molar-refractivity contribution in [2.45, 2.75) is 395 Å². The van der Waals surface area contributed by atoms with E-state index in [0.29, 0.717) is 31.6 Å². The highest BCUT2D eigenvalue weighted by molar-refractivity contribution is 7.47. The van der Waals surface area contributed by atoms with E-state index in [0.717, 1.165) is 114 Å². The molecule has 0 saturated carbocycles. The van der Waals surface area contributed by atoms with Crippen LogP contribution in [0.5, 0.6) is 0 Å². The van der Waals surface area contributed by atoms with Gasteiger partial charge < -0.3 is 33.8 Å². The predicted molar refractivity (Wildman–Crippen MR) is 381 cm³/mol. The molecule has 558 valence electrons. The zero-order valence-electron chi connectivity index (χ0n) is 61.6. The SMILES string of the molecule is CCC(C)CCCCCCCCC(=O)OC[C@H](COP(=O)(O)OC[C@H](O)COP(=O)(O)OC[C@@H](COC(=O)CCCCCCCCCCCCCCCCCCC(C)C)OC(=O)CCCCCCCCCCCCCCC(C)C)OC(=O)CCCCCCCCCC(C)C. The van der Waals surface area contributed by atoms with Crippen LogP contribution >= 0.6 is 15.6 Å². The lowest BCUT2D eigenvalue weighted by Crippen LogP contribution is -2.30. The van der Waals surface area contributed by atoms with Gasteiger partial charge >= 0.3 is 39.5 Å². The Balaban J connectivity index is 5.21. The standard InChI is InChI=1S/C75H146O17P2/c1-9-68(8)54-46-38-33-34-40-48-56-73(78)86-62-71(92-75(80)58-50-42-32-26-29-37-45-53-67(6)7)64-90-94(83,84)88-60-69(76)59-87-93(81,82)89-63-70(91-74(79)57-49-41-31-25-21-17-16-19-23-28-36-44-52-66(4)5)61-85-72(77)55-47-39-30-24-20-15-13-11-10-12-14-18-22-27-35-43-51-65(2)3/h65-71,76H,9-64H2,1-8H3,(H,81,82)(H,83,84)/t68?,69-,70-,71-/m1/s1. The van der Waals surface area contributed by atoms with Gasteiger partial charge in [0.15, 0.2) is 12.2 Å². The van der Waals surface area contributed by atoms with Crippen molar-refractivity contribution in [1.29, 1.82) is 0 Å².